The van der Waals surface area contributed by atoms with Crippen molar-refractivity contribution in [2.24, 2.45) is 5.73 Å². The van der Waals surface area contributed by atoms with Gasteiger partial charge in [0.15, 0.2) is 0 Å². The number of aliphatic carboxylic acids is 1. The van der Waals surface area contributed by atoms with Crippen molar-refractivity contribution < 1.29 is 38.7 Å². The number of anilines is 1. The first-order valence-corrected chi connectivity index (χ1v) is 16.9. The van der Waals surface area contributed by atoms with Crippen LogP contribution >= 0.6 is 0 Å². The molecule has 1 aliphatic rings. The van der Waals surface area contributed by atoms with Crippen molar-refractivity contribution in [3.05, 3.63) is 101 Å². The number of carbonyl (C=O) groups excluding carboxylic acids is 6. The molecule has 2 atom stereocenters. The van der Waals surface area contributed by atoms with Crippen LogP contribution in [0.1, 0.15) is 47.9 Å². The van der Waals surface area contributed by atoms with Gasteiger partial charge in [-0.2, -0.15) is 0 Å². The molecule has 15 nitrogen and oxygen atoms in total. The summed E-state index contributed by atoms with van der Waals surface area (Å²) in [6, 6.07) is 20.3. The molecule has 8 N–H and O–H groups in total. The zero-order chi connectivity index (χ0) is 38.2. The lowest BCUT2D eigenvalue weighted by Crippen LogP contribution is -2.54. The molecule has 1 aliphatic heterocycles. The number of fused-ring (bicyclic) bond motifs is 2. The van der Waals surface area contributed by atoms with Crippen LogP contribution < -0.4 is 37.2 Å². The first-order valence-electron chi connectivity index (χ1n) is 16.9. The Morgan fingerprint density at radius 1 is 0.717 bits per heavy atom. The number of amides is 7. The van der Waals surface area contributed by atoms with E-state index in [1.165, 1.54) is 0 Å². The molecule has 4 rings (SSSR count). The van der Waals surface area contributed by atoms with Crippen LogP contribution in [0, 0.1) is 11.8 Å². The van der Waals surface area contributed by atoms with E-state index in [9.17, 15) is 38.7 Å². The lowest BCUT2D eigenvalue weighted by molar-refractivity contribution is -0.142. The van der Waals surface area contributed by atoms with Gasteiger partial charge in [-0.1, -0.05) is 72.5 Å². The number of primary amides is 1. The van der Waals surface area contributed by atoms with Gasteiger partial charge in [0, 0.05) is 36.9 Å². The molecule has 0 aromatic heterocycles. The molecule has 7 amide bonds. The standard InChI is InChI=1S/C38H41N7O8/c39-38(53)40-20-8-14-29(37(51)52)44-36(50)30(21-25-9-2-1-3-10-25)43-34(48)23-42-33(47)22-41-32(46)18-19-35(49)45-24-28-13-5-4-11-26(28)16-17-27-12-6-7-15-31(27)45/h1-7,9-13,15,29-30H,8,14,18-24H2,(H,41,46)(H,42,47)(H,43,48)(H,44,50)(H,51,52)(H3,39,40,53)/t29-,30-/m0/s1. The number of benzene rings is 3. The number of para-hydroxylation sites is 1. The highest BCUT2D eigenvalue weighted by Crippen LogP contribution is 2.26. The minimum Gasteiger partial charge on any atom is -0.480 e. The van der Waals surface area contributed by atoms with Gasteiger partial charge in [-0.15, -0.1) is 0 Å². The number of hydrogen-bond donors (Lipinski definition) is 7. The van der Waals surface area contributed by atoms with Crippen LogP contribution in [0.2, 0.25) is 0 Å². The van der Waals surface area contributed by atoms with E-state index in [-0.39, 0.29) is 51.1 Å². The molecule has 0 bridgehead atoms. The van der Waals surface area contributed by atoms with Gasteiger partial charge in [-0.3, -0.25) is 24.0 Å². The second kappa shape index (κ2) is 19.6. The fourth-order valence-corrected chi connectivity index (χ4v) is 5.42. The first kappa shape index (κ1) is 39.1. The Balaban J connectivity index is 1.25. The van der Waals surface area contributed by atoms with E-state index >= 15 is 0 Å². The zero-order valence-corrected chi connectivity index (χ0v) is 28.9. The highest BCUT2D eigenvalue weighted by atomic mass is 16.4. The van der Waals surface area contributed by atoms with Gasteiger partial charge in [0.05, 0.1) is 25.3 Å². The third-order valence-electron chi connectivity index (χ3n) is 8.15. The number of urea groups is 1. The van der Waals surface area contributed by atoms with Gasteiger partial charge in [-0.25, -0.2) is 9.59 Å². The number of nitrogens with one attached hydrogen (secondary N) is 5. The number of nitrogens with zero attached hydrogens (tertiary/aromatic N) is 1. The molecule has 0 radical (unpaired) electrons. The average molecular weight is 724 g/mol. The highest BCUT2D eigenvalue weighted by Gasteiger charge is 2.27. The normalized spacial score (nSPS) is 12.4. The van der Waals surface area contributed by atoms with Crippen LogP contribution in [-0.4, -0.2) is 78.4 Å². The molecule has 0 saturated carbocycles. The van der Waals surface area contributed by atoms with Crippen LogP contribution in [0.5, 0.6) is 0 Å². The van der Waals surface area contributed by atoms with Gasteiger partial charge in [0.25, 0.3) is 0 Å². The Labute approximate surface area is 306 Å². The monoisotopic (exact) mass is 723 g/mol. The Hall–Kier alpha value is -6.69. The molecular formula is C38H41N7O8. The van der Waals surface area contributed by atoms with Crippen LogP contribution in [-0.2, 0) is 41.7 Å². The topological polar surface area (TPSA) is 229 Å². The maximum absolute atomic E-state index is 13.4. The van der Waals surface area contributed by atoms with Crippen molar-refractivity contribution in [2.45, 2.75) is 50.7 Å². The Morgan fingerprint density at radius 3 is 2.09 bits per heavy atom. The summed E-state index contributed by atoms with van der Waals surface area (Å²) in [7, 11) is 0. The van der Waals surface area contributed by atoms with Crippen molar-refractivity contribution in [3.63, 3.8) is 0 Å². The van der Waals surface area contributed by atoms with E-state index in [0.29, 0.717) is 16.8 Å². The van der Waals surface area contributed by atoms with Crippen LogP contribution in [0.15, 0.2) is 78.9 Å². The molecule has 276 valence electrons. The summed E-state index contributed by atoms with van der Waals surface area (Å²) in [5.41, 5.74) is 8.71. The first-order chi connectivity index (χ1) is 25.5. The quantitative estimate of drug-likeness (QED) is 0.0773. The smallest absolute Gasteiger partial charge is 0.326 e. The molecular weight excluding hydrogens is 682 g/mol. The van der Waals surface area contributed by atoms with Gasteiger partial charge in [0.1, 0.15) is 12.1 Å². The lowest BCUT2D eigenvalue weighted by atomic mass is 10.0. The molecule has 0 fully saturated rings. The van der Waals surface area contributed by atoms with Crippen molar-refractivity contribution in [3.8, 4) is 11.8 Å². The lowest BCUT2D eigenvalue weighted by Gasteiger charge is -2.26. The summed E-state index contributed by atoms with van der Waals surface area (Å²) in [6.45, 7) is -0.617. The van der Waals surface area contributed by atoms with E-state index in [2.05, 4.69) is 38.4 Å². The van der Waals surface area contributed by atoms with Crippen LogP contribution in [0.25, 0.3) is 0 Å². The predicted molar refractivity (Wildman–Crippen MR) is 194 cm³/mol. The molecule has 0 unspecified atom stereocenters. The summed E-state index contributed by atoms with van der Waals surface area (Å²) in [6.07, 6.45) is -0.0865. The minimum atomic E-state index is -1.30. The second-order valence-corrected chi connectivity index (χ2v) is 12.1. The van der Waals surface area contributed by atoms with Crippen molar-refractivity contribution in [1.82, 2.24) is 26.6 Å². The van der Waals surface area contributed by atoms with Gasteiger partial charge < -0.3 is 42.3 Å². The van der Waals surface area contributed by atoms with Gasteiger partial charge in [-0.05, 0) is 42.2 Å². The fraction of sp³-hybridized carbons (Fsp3) is 0.289. The van der Waals surface area contributed by atoms with Crippen molar-refractivity contribution in [2.75, 3.05) is 24.5 Å². The number of carbonyl (C=O) groups is 7. The molecule has 15 heteroatoms. The minimum absolute atomic E-state index is 0.0147. The SMILES string of the molecule is NC(=O)NCCC[C@H](NC(=O)[C@H](Cc1ccccc1)NC(=O)CNC(=O)CNC(=O)CCC(=O)N1Cc2ccccc2C#Cc2ccccc21)C(=O)O. The van der Waals surface area contributed by atoms with E-state index in [0.717, 1.165) is 11.1 Å². The Kier molecular flexibility index (Phi) is 14.5. The summed E-state index contributed by atoms with van der Waals surface area (Å²) in [5, 5.41) is 21.7. The molecule has 53 heavy (non-hydrogen) atoms. The third kappa shape index (κ3) is 12.5. The Morgan fingerprint density at radius 2 is 1.36 bits per heavy atom. The predicted octanol–water partition coefficient (Wildman–Crippen LogP) is 0.691. The number of hydrogen-bond acceptors (Lipinski definition) is 7. The van der Waals surface area contributed by atoms with Crippen molar-refractivity contribution >= 4 is 47.2 Å². The Bertz CT molecular complexity index is 1890. The van der Waals surface area contributed by atoms with E-state index in [1.807, 2.05) is 42.5 Å². The maximum Gasteiger partial charge on any atom is 0.326 e. The van der Waals surface area contributed by atoms with Gasteiger partial charge >= 0.3 is 12.0 Å². The molecule has 0 saturated heterocycles. The molecule has 0 aliphatic carbocycles. The molecule has 1 heterocycles. The van der Waals surface area contributed by atoms with Crippen molar-refractivity contribution in [1.29, 1.82) is 0 Å². The number of carboxylic acid groups (broad SMARTS) is 1. The summed E-state index contributed by atoms with van der Waals surface area (Å²) in [5.74, 6) is 1.95. The molecule has 0 spiro atoms. The largest absolute Gasteiger partial charge is 0.480 e. The van der Waals surface area contributed by atoms with Gasteiger partial charge in [0.2, 0.25) is 29.5 Å². The zero-order valence-electron chi connectivity index (χ0n) is 28.9. The summed E-state index contributed by atoms with van der Waals surface area (Å²) in [4.78, 5) is 88.7. The highest BCUT2D eigenvalue weighted by molar-refractivity contribution is 5.97. The van der Waals surface area contributed by atoms with E-state index in [4.69, 9.17) is 5.73 Å². The molecule has 3 aromatic carbocycles. The maximum atomic E-state index is 13.4. The number of carboxylic acids is 1. The van der Waals surface area contributed by atoms with Crippen LogP contribution in [0.4, 0.5) is 10.5 Å². The van der Waals surface area contributed by atoms with Crippen LogP contribution in [0.3, 0.4) is 0 Å². The third-order valence-corrected chi connectivity index (χ3v) is 8.15. The summed E-state index contributed by atoms with van der Waals surface area (Å²) >= 11 is 0. The fourth-order valence-electron chi connectivity index (χ4n) is 5.42. The molecule has 3 aromatic rings. The second-order valence-electron chi connectivity index (χ2n) is 12.1. The summed E-state index contributed by atoms with van der Waals surface area (Å²) < 4.78 is 0. The van der Waals surface area contributed by atoms with E-state index in [1.54, 1.807) is 41.3 Å². The van der Waals surface area contributed by atoms with E-state index < -0.39 is 60.8 Å². The number of nitrogens with two attached hydrogens (primary N) is 1. The average Bonchev–Trinajstić information content (AvgIpc) is 3.14. The number of rotatable bonds is 17.